The van der Waals surface area contributed by atoms with E-state index < -0.39 is 5.56 Å². The molecule has 0 bridgehead atoms. The number of halogens is 1. The quantitative estimate of drug-likeness (QED) is 0.682. The minimum atomic E-state index is -0.413. The van der Waals surface area contributed by atoms with Crippen LogP contribution in [0.15, 0.2) is 63.2 Å². The maximum atomic E-state index is 12.6. The number of aromatic nitrogens is 2. The number of hydrogen-bond acceptors (Lipinski definition) is 4. The molecule has 0 aliphatic carbocycles. The van der Waals surface area contributed by atoms with Crippen molar-refractivity contribution in [3.63, 3.8) is 0 Å². The van der Waals surface area contributed by atoms with Gasteiger partial charge in [-0.2, -0.15) is 15.0 Å². The van der Waals surface area contributed by atoms with E-state index in [1.165, 1.54) is 16.4 Å². The fraction of sp³-hybridized carbons (Fsp3) is 0.105. The summed E-state index contributed by atoms with van der Waals surface area (Å²) in [5.41, 5.74) is 1.98. The number of nitriles is 1. The van der Waals surface area contributed by atoms with Crippen LogP contribution in [0.3, 0.4) is 0 Å². The highest BCUT2D eigenvalue weighted by Crippen LogP contribution is 2.30. The van der Waals surface area contributed by atoms with Crippen molar-refractivity contribution in [1.29, 1.82) is 5.26 Å². The topological polar surface area (TPSA) is 58.7 Å². The van der Waals surface area contributed by atoms with Gasteiger partial charge in [0.1, 0.15) is 16.7 Å². The van der Waals surface area contributed by atoms with E-state index in [0.29, 0.717) is 21.3 Å². The molecule has 0 aliphatic rings. The van der Waals surface area contributed by atoms with E-state index in [2.05, 4.69) is 5.10 Å². The molecule has 0 saturated carbocycles. The first-order valence-corrected chi connectivity index (χ1v) is 8.73. The molecule has 0 unspecified atom stereocenters. The van der Waals surface area contributed by atoms with Gasteiger partial charge in [0.05, 0.1) is 5.69 Å². The summed E-state index contributed by atoms with van der Waals surface area (Å²) in [6.07, 6.45) is 0. The molecule has 0 spiro atoms. The Kier molecular flexibility index (Phi) is 4.93. The van der Waals surface area contributed by atoms with Gasteiger partial charge < -0.3 is 0 Å². The van der Waals surface area contributed by atoms with Gasteiger partial charge in [-0.1, -0.05) is 41.1 Å². The van der Waals surface area contributed by atoms with Crippen molar-refractivity contribution in [2.24, 2.45) is 0 Å². The second-order valence-corrected chi connectivity index (χ2v) is 7.02. The Bertz CT molecular complexity index is 1020. The smallest absolute Gasteiger partial charge is 0.266 e. The van der Waals surface area contributed by atoms with Crippen molar-refractivity contribution in [3.05, 3.63) is 80.6 Å². The van der Waals surface area contributed by atoms with E-state index >= 15 is 0 Å². The molecule has 2 aromatic carbocycles. The van der Waals surface area contributed by atoms with E-state index in [9.17, 15) is 10.1 Å². The van der Waals surface area contributed by atoms with E-state index in [-0.39, 0.29) is 5.56 Å². The Morgan fingerprint density at radius 2 is 1.72 bits per heavy atom. The minimum Gasteiger partial charge on any atom is -0.266 e. The lowest BCUT2D eigenvalue weighted by atomic mass is 10.2. The summed E-state index contributed by atoms with van der Waals surface area (Å²) < 4.78 is 1.28. The SMILES string of the molecule is Cc1ccc(-n2nc(Sc3ccc(Cl)cc3)c(C)c(C#N)c2=O)cc1. The maximum absolute atomic E-state index is 12.6. The Labute approximate surface area is 154 Å². The van der Waals surface area contributed by atoms with Crippen molar-refractivity contribution in [1.82, 2.24) is 9.78 Å². The van der Waals surface area contributed by atoms with Gasteiger partial charge in [0.15, 0.2) is 0 Å². The van der Waals surface area contributed by atoms with Crippen molar-refractivity contribution in [2.75, 3.05) is 0 Å². The fourth-order valence-corrected chi connectivity index (χ4v) is 3.29. The van der Waals surface area contributed by atoms with Crippen molar-refractivity contribution in [3.8, 4) is 11.8 Å². The normalized spacial score (nSPS) is 10.5. The average Bonchev–Trinajstić information content (AvgIpc) is 2.61. The first-order valence-electron chi connectivity index (χ1n) is 7.54. The first-order chi connectivity index (χ1) is 12.0. The van der Waals surface area contributed by atoms with Crippen LogP contribution in [0.1, 0.15) is 16.7 Å². The lowest BCUT2D eigenvalue weighted by Crippen LogP contribution is -2.25. The predicted octanol–water partition coefficient (Wildman–Crippen LogP) is 4.53. The molecular weight excluding hydrogens is 354 g/mol. The number of benzene rings is 2. The molecule has 0 atom stereocenters. The summed E-state index contributed by atoms with van der Waals surface area (Å²) in [5.74, 6) is 0. The molecule has 4 nitrogen and oxygen atoms in total. The van der Waals surface area contributed by atoms with Crippen molar-refractivity contribution >= 4 is 23.4 Å². The number of hydrogen-bond donors (Lipinski definition) is 0. The highest BCUT2D eigenvalue weighted by Gasteiger charge is 2.16. The molecule has 124 valence electrons. The molecule has 0 aliphatic heterocycles. The van der Waals surface area contributed by atoms with Gasteiger partial charge in [0.2, 0.25) is 0 Å². The van der Waals surface area contributed by atoms with Crippen molar-refractivity contribution in [2.45, 2.75) is 23.8 Å². The van der Waals surface area contributed by atoms with Crippen LogP contribution >= 0.6 is 23.4 Å². The van der Waals surface area contributed by atoms with E-state index in [0.717, 1.165) is 10.5 Å². The Morgan fingerprint density at radius 1 is 1.08 bits per heavy atom. The van der Waals surface area contributed by atoms with Crippen LogP contribution in [-0.4, -0.2) is 9.78 Å². The zero-order valence-corrected chi connectivity index (χ0v) is 15.2. The van der Waals surface area contributed by atoms with Gasteiger partial charge in [0.25, 0.3) is 5.56 Å². The first kappa shape index (κ1) is 17.3. The van der Waals surface area contributed by atoms with Gasteiger partial charge in [-0.3, -0.25) is 4.79 Å². The molecule has 0 N–H and O–H groups in total. The molecule has 6 heteroatoms. The van der Waals surface area contributed by atoms with E-state index in [1.807, 2.05) is 49.4 Å². The molecule has 0 radical (unpaired) electrons. The van der Waals surface area contributed by atoms with Crippen LogP contribution in [0, 0.1) is 25.2 Å². The molecule has 1 heterocycles. The lowest BCUT2D eigenvalue weighted by Gasteiger charge is -2.11. The number of rotatable bonds is 3. The molecule has 3 aromatic rings. The third-order valence-corrected chi connectivity index (χ3v) is 5.05. The lowest BCUT2D eigenvalue weighted by molar-refractivity contribution is 0.738. The van der Waals surface area contributed by atoms with Crippen molar-refractivity contribution < 1.29 is 0 Å². The second-order valence-electron chi connectivity index (χ2n) is 5.53. The monoisotopic (exact) mass is 367 g/mol. The number of nitrogens with zero attached hydrogens (tertiary/aromatic N) is 3. The van der Waals surface area contributed by atoms with Gasteiger partial charge in [-0.25, -0.2) is 0 Å². The van der Waals surface area contributed by atoms with Gasteiger partial charge in [-0.15, -0.1) is 0 Å². The predicted molar refractivity (Wildman–Crippen MR) is 99.6 cm³/mol. The molecule has 3 rings (SSSR count). The summed E-state index contributed by atoms with van der Waals surface area (Å²) in [5, 5.41) is 15.2. The maximum Gasteiger partial charge on any atom is 0.289 e. The summed E-state index contributed by atoms with van der Waals surface area (Å²) in [7, 11) is 0. The van der Waals surface area contributed by atoms with Gasteiger partial charge >= 0.3 is 0 Å². The Morgan fingerprint density at radius 3 is 2.32 bits per heavy atom. The second kappa shape index (κ2) is 7.14. The summed E-state index contributed by atoms with van der Waals surface area (Å²) in [4.78, 5) is 13.5. The van der Waals surface area contributed by atoms with Crippen LogP contribution in [0.5, 0.6) is 0 Å². The Hall–Kier alpha value is -2.55. The molecule has 25 heavy (non-hydrogen) atoms. The van der Waals surface area contributed by atoms with Gasteiger partial charge in [-0.05, 0) is 50.2 Å². The summed E-state index contributed by atoms with van der Waals surface area (Å²) in [6, 6.07) is 16.8. The third kappa shape index (κ3) is 3.60. The van der Waals surface area contributed by atoms with Crippen LogP contribution in [0.4, 0.5) is 0 Å². The fourth-order valence-electron chi connectivity index (χ4n) is 2.29. The zero-order chi connectivity index (χ0) is 18.0. The van der Waals surface area contributed by atoms with E-state index in [4.69, 9.17) is 11.6 Å². The highest BCUT2D eigenvalue weighted by atomic mass is 35.5. The van der Waals surface area contributed by atoms with Crippen LogP contribution in [0.2, 0.25) is 5.02 Å². The molecule has 1 aromatic heterocycles. The Balaban J connectivity index is 2.14. The number of aryl methyl sites for hydroxylation is 1. The van der Waals surface area contributed by atoms with Crippen LogP contribution in [-0.2, 0) is 0 Å². The summed E-state index contributed by atoms with van der Waals surface area (Å²) >= 11 is 7.31. The van der Waals surface area contributed by atoms with Crippen LogP contribution in [0.25, 0.3) is 5.69 Å². The highest BCUT2D eigenvalue weighted by molar-refractivity contribution is 7.99. The van der Waals surface area contributed by atoms with Crippen LogP contribution < -0.4 is 5.56 Å². The third-order valence-electron chi connectivity index (χ3n) is 3.71. The van der Waals surface area contributed by atoms with E-state index in [1.54, 1.807) is 19.1 Å². The average molecular weight is 368 g/mol. The molecular formula is C19H14ClN3OS. The zero-order valence-electron chi connectivity index (χ0n) is 13.7. The standard InChI is InChI=1S/C19H14ClN3OS/c1-12-3-7-15(8-4-12)23-19(24)17(11-21)13(2)18(22-23)25-16-9-5-14(20)6-10-16/h3-10H,1-2H3. The largest absolute Gasteiger partial charge is 0.289 e. The molecule has 0 amide bonds. The van der Waals surface area contributed by atoms with Gasteiger partial charge in [0, 0.05) is 15.5 Å². The molecule has 0 saturated heterocycles. The molecule has 0 fully saturated rings. The minimum absolute atomic E-state index is 0.104. The summed E-state index contributed by atoms with van der Waals surface area (Å²) in [6.45, 7) is 3.71.